The van der Waals surface area contributed by atoms with Gasteiger partial charge in [-0.25, -0.2) is 0 Å². The van der Waals surface area contributed by atoms with Crippen LogP contribution in [0.4, 0.5) is 0 Å². The molecule has 1 aromatic carbocycles. The summed E-state index contributed by atoms with van der Waals surface area (Å²) in [5.41, 5.74) is 1.64. The Bertz CT molecular complexity index is 284. The van der Waals surface area contributed by atoms with Gasteiger partial charge in [0.2, 0.25) is 0 Å². The van der Waals surface area contributed by atoms with Crippen molar-refractivity contribution in [1.82, 2.24) is 0 Å². The lowest BCUT2D eigenvalue weighted by atomic mass is 9.80. The fourth-order valence-corrected chi connectivity index (χ4v) is 2.30. The van der Waals surface area contributed by atoms with E-state index in [4.69, 9.17) is 0 Å². The maximum atomic E-state index is 3.37. The number of hydrogen-bond donors (Lipinski definition) is 0. The lowest BCUT2D eigenvalue weighted by Crippen LogP contribution is -2.16. The molecule has 17 heavy (non-hydrogen) atoms. The zero-order chi connectivity index (χ0) is 12.6. The molecule has 1 aromatic rings. The average Bonchev–Trinajstić information content (AvgIpc) is 2.35. The van der Waals surface area contributed by atoms with Crippen LogP contribution in [0.5, 0.6) is 0 Å². The molecule has 0 N–H and O–H groups in total. The Morgan fingerprint density at radius 3 is 2.35 bits per heavy atom. The van der Waals surface area contributed by atoms with Crippen molar-refractivity contribution in [3.05, 3.63) is 35.9 Å². The molecule has 0 atom stereocenters. The van der Waals surface area contributed by atoms with Gasteiger partial charge in [-0.3, -0.25) is 0 Å². The average molecular weight is 231 g/mol. The van der Waals surface area contributed by atoms with Crippen molar-refractivity contribution >= 4 is 0 Å². The quantitative estimate of drug-likeness (QED) is 0.517. The Morgan fingerprint density at radius 2 is 1.71 bits per heavy atom. The Hall–Kier alpha value is -0.780. The molecule has 0 saturated heterocycles. The molecular formula is C17H27. The van der Waals surface area contributed by atoms with Crippen LogP contribution in [0.1, 0.15) is 71.3 Å². The van der Waals surface area contributed by atoms with Gasteiger partial charge in [0.15, 0.2) is 0 Å². The summed E-state index contributed by atoms with van der Waals surface area (Å²) in [6.07, 6.45) is 9.56. The van der Waals surface area contributed by atoms with Gasteiger partial charge in [-0.15, -0.1) is 0 Å². The fourth-order valence-electron chi connectivity index (χ4n) is 2.30. The zero-order valence-electron chi connectivity index (χ0n) is 11.8. The summed E-state index contributed by atoms with van der Waals surface area (Å²) < 4.78 is 0. The molecule has 0 fully saturated rings. The monoisotopic (exact) mass is 231 g/mol. The predicted molar refractivity (Wildman–Crippen MR) is 76.3 cm³/mol. The van der Waals surface area contributed by atoms with Crippen LogP contribution in [0.15, 0.2) is 24.3 Å². The second-order valence-corrected chi connectivity index (χ2v) is 5.68. The van der Waals surface area contributed by atoms with E-state index >= 15 is 0 Å². The van der Waals surface area contributed by atoms with Crippen molar-refractivity contribution in [2.24, 2.45) is 0 Å². The number of benzene rings is 1. The van der Waals surface area contributed by atoms with E-state index in [-0.39, 0.29) is 5.41 Å². The van der Waals surface area contributed by atoms with Gasteiger partial charge in [-0.2, -0.15) is 0 Å². The summed E-state index contributed by atoms with van der Waals surface area (Å²) in [5, 5.41) is 0. The van der Waals surface area contributed by atoms with E-state index in [2.05, 4.69) is 39.0 Å². The first-order valence-corrected chi connectivity index (χ1v) is 7.14. The van der Waals surface area contributed by atoms with Crippen molar-refractivity contribution in [2.75, 3.05) is 0 Å². The molecule has 1 rings (SSSR count). The molecule has 0 heteroatoms. The van der Waals surface area contributed by atoms with Crippen LogP contribution in [-0.2, 0) is 5.41 Å². The van der Waals surface area contributed by atoms with Crippen LogP contribution in [0, 0.1) is 6.07 Å². The van der Waals surface area contributed by atoms with Crippen LogP contribution < -0.4 is 0 Å². The van der Waals surface area contributed by atoms with E-state index in [0.717, 1.165) is 0 Å². The van der Waals surface area contributed by atoms with Gasteiger partial charge in [0.05, 0.1) is 0 Å². The zero-order valence-corrected chi connectivity index (χ0v) is 11.8. The molecule has 0 spiro atoms. The molecule has 0 unspecified atom stereocenters. The van der Waals surface area contributed by atoms with E-state index < -0.39 is 0 Å². The van der Waals surface area contributed by atoms with Gasteiger partial charge in [0.1, 0.15) is 0 Å². The molecule has 0 saturated carbocycles. The molecule has 95 valence electrons. The third kappa shape index (κ3) is 5.39. The molecular weight excluding hydrogens is 204 g/mol. The molecule has 0 bridgehead atoms. The molecule has 0 amide bonds. The van der Waals surface area contributed by atoms with Gasteiger partial charge >= 0.3 is 0 Å². The Balaban J connectivity index is 2.26. The van der Waals surface area contributed by atoms with Crippen LogP contribution in [0.3, 0.4) is 0 Å². The van der Waals surface area contributed by atoms with E-state index in [0.29, 0.717) is 0 Å². The topological polar surface area (TPSA) is 0 Å². The smallest absolute Gasteiger partial charge is 0.00974 e. The molecule has 0 aliphatic rings. The first-order valence-electron chi connectivity index (χ1n) is 7.14. The van der Waals surface area contributed by atoms with Crippen molar-refractivity contribution in [2.45, 2.75) is 71.1 Å². The maximum Gasteiger partial charge on any atom is -0.00974 e. The minimum Gasteiger partial charge on any atom is -0.0654 e. The normalized spacial score (nSPS) is 11.7. The number of hydrogen-bond acceptors (Lipinski definition) is 0. The molecule has 0 heterocycles. The summed E-state index contributed by atoms with van der Waals surface area (Å²) in [6, 6.07) is 11.8. The largest absolute Gasteiger partial charge is 0.0654 e. The summed E-state index contributed by atoms with van der Waals surface area (Å²) in [4.78, 5) is 0. The molecule has 0 aliphatic heterocycles. The van der Waals surface area contributed by atoms with Gasteiger partial charge < -0.3 is 0 Å². The van der Waals surface area contributed by atoms with E-state index in [9.17, 15) is 0 Å². The van der Waals surface area contributed by atoms with Crippen LogP contribution in [-0.4, -0.2) is 0 Å². The molecule has 0 nitrogen and oxygen atoms in total. The standard InChI is InChI=1S/C17H27/c1-4-5-6-7-8-12-15-17(2,3)16-13-10-9-11-14-16/h9-11,13H,4-8,12,15H2,1-3H3. The highest BCUT2D eigenvalue weighted by Gasteiger charge is 2.19. The van der Waals surface area contributed by atoms with Crippen LogP contribution in [0.25, 0.3) is 0 Å². The van der Waals surface area contributed by atoms with E-state index in [1.165, 1.54) is 50.5 Å². The molecule has 0 aliphatic carbocycles. The lowest BCUT2D eigenvalue weighted by molar-refractivity contribution is 0.442. The maximum absolute atomic E-state index is 3.37. The van der Waals surface area contributed by atoms with Crippen molar-refractivity contribution in [3.63, 3.8) is 0 Å². The third-order valence-electron chi connectivity index (χ3n) is 3.59. The first-order chi connectivity index (χ1) is 8.17. The minimum absolute atomic E-state index is 0.284. The second-order valence-electron chi connectivity index (χ2n) is 5.68. The van der Waals surface area contributed by atoms with Gasteiger partial charge in [0.25, 0.3) is 0 Å². The minimum atomic E-state index is 0.284. The first kappa shape index (κ1) is 14.3. The Kier molecular flexibility index (Phi) is 6.32. The van der Waals surface area contributed by atoms with Gasteiger partial charge in [-0.1, -0.05) is 83.6 Å². The predicted octanol–water partition coefficient (Wildman–Crippen LogP) is 5.51. The fraction of sp³-hybridized carbons (Fsp3) is 0.647. The highest BCUT2D eigenvalue weighted by atomic mass is 14.2. The van der Waals surface area contributed by atoms with Crippen LogP contribution in [0.2, 0.25) is 0 Å². The molecule has 0 aromatic heterocycles. The summed E-state index contributed by atoms with van der Waals surface area (Å²) in [7, 11) is 0. The summed E-state index contributed by atoms with van der Waals surface area (Å²) >= 11 is 0. The third-order valence-corrected chi connectivity index (χ3v) is 3.59. The van der Waals surface area contributed by atoms with Gasteiger partial charge in [-0.05, 0) is 23.5 Å². The highest BCUT2D eigenvalue weighted by Crippen LogP contribution is 2.28. The lowest BCUT2D eigenvalue weighted by Gasteiger charge is -2.25. The van der Waals surface area contributed by atoms with E-state index in [1.807, 2.05) is 12.1 Å². The van der Waals surface area contributed by atoms with Crippen LogP contribution >= 0.6 is 0 Å². The number of rotatable bonds is 8. The SMILES string of the molecule is CCCCCCCCC(C)(C)c1[c]cccc1. The van der Waals surface area contributed by atoms with Crippen molar-refractivity contribution in [1.29, 1.82) is 0 Å². The second kappa shape index (κ2) is 7.53. The Labute approximate surface area is 107 Å². The number of unbranched alkanes of at least 4 members (excludes halogenated alkanes) is 5. The summed E-state index contributed by atoms with van der Waals surface area (Å²) in [6.45, 7) is 6.95. The summed E-state index contributed by atoms with van der Waals surface area (Å²) in [5.74, 6) is 0. The highest BCUT2D eigenvalue weighted by molar-refractivity contribution is 5.21. The van der Waals surface area contributed by atoms with Crippen molar-refractivity contribution < 1.29 is 0 Å². The van der Waals surface area contributed by atoms with E-state index in [1.54, 1.807) is 0 Å². The van der Waals surface area contributed by atoms with Crippen molar-refractivity contribution in [3.8, 4) is 0 Å². The Morgan fingerprint density at radius 1 is 1.00 bits per heavy atom. The van der Waals surface area contributed by atoms with Gasteiger partial charge in [0, 0.05) is 0 Å². The molecule has 1 radical (unpaired) electrons.